The third-order valence-electron chi connectivity index (χ3n) is 12.6. The lowest BCUT2D eigenvalue weighted by atomic mass is 9.93. The molecule has 2 aliphatic rings. The molecule has 0 spiro atoms. The zero-order chi connectivity index (χ0) is 50.7. The third-order valence-corrected chi connectivity index (χ3v) is 12.6. The van der Waals surface area contributed by atoms with Crippen LogP contribution < -0.4 is 24.6 Å². The van der Waals surface area contributed by atoms with E-state index in [0.29, 0.717) is 94.8 Å². The summed E-state index contributed by atoms with van der Waals surface area (Å²) in [5, 5.41) is 60.5. The van der Waals surface area contributed by atoms with E-state index in [9.17, 15) is 39.9 Å². The molecule has 0 bridgehead atoms. The number of pyridine rings is 2. The van der Waals surface area contributed by atoms with E-state index in [-0.39, 0.29) is 51.0 Å². The van der Waals surface area contributed by atoms with Gasteiger partial charge in [-0.25, -0.2) is 0 Å². The number of hydrogen-bond donors (Lipinski definition) is 5. The first-order valence-corrected chi connectivity index (χ1v) is 23.5. The molecule has 2 amide bonds. The maximum absolute atomic E-state index is 14.5. The van der Waals surface area contributed by atoms with Crippen molar-refractivity contribution in [3.63, 3.8) is 0 Å². The van der Waals surface area contributed by atoms with Gasteiger partial charge in [0.25, 0.3) is 11.8 Å². The normalized spacial score (nSPS) is 13.3. The molecule has 2 aromatic heterocycles. The standard InChI is InChI=1S/C55H51N7O10/c56-24-34-18-36(28-58-26-34)32-71-50-12-10-39(20-38(50)4-1-5-42(63)22-52(65)66)54(69)61-16-14-46-44(6-2-8-48(46)61)45-7-3-9-49-47(45)15-17-62(49)55(70)40-11-13-51(72-33-37-19-35(25-57)27-59-29-37)41(21-40)30-60-31-43(64)23-53(67)68/h2-3,6-13,18-21,26-29,42-43,60,63-64H,1,4-5,14-17,22-23,30-33H2,(H,65,66)(H,67,68)/t42-,43+/m1/s1. The number of amides is 2. The number of aliphatic carboxylic acids is 2. The Bertz CT molecular complexity index is 2900. The number of rotatable bonds is 21. The number of nitrogens with zero attached hydrogens (tertiary/aromatic N) is 6. The summed E-state index contributed by atoms with van der Waals surface area (Å²) in [6.45, 7) is 1.21. The molecule has 2 aliphatic heterocycles. The van der Waals surface area contributed by atoms with Crippen molar-refractivity contribution in [2.75, 3.05) is 29.4 Å². The average Bonchev–Trinajstić information content (AvgIpc) is 4.02. The fraction of sp³-hybridized carbons (Fsp3) is 0.273. The van der Waals surface area contributed by atoms with E-state index >= 15 is 0 Å². The van der Waals surface area contributed by atoms with Gasteiger partial charge >= 0.3 is 11.9 Å². The van der Waals surface area contributed by atoms with Crippen molar-refractivity contribution in [2.24, 2.45) is 0 Å². The number of nitriles is 2. The molecule has 0 saturated heterocycles. The maximum atomic E-state index is 14.5. The molecule has 17 heteroatoms. The predicted octanol–water partition coefficient (Wildman–Crippen LogP) is 6.53. The zero-order valence-corrected chi connectivity index (χ0v) is 39.2. The average molecular weight is 970 g/mol. The van der Waals surface area contributed by atoms with Crippen LogP contribution in [-0.2, 0) is 48.6 Å². The second-order valence-electron chi connectivity index (χ2n) is 17.7. The number of aryl methyl sites for hydroxylation is 1. The second kappa shape index (κ2) is 23.0. The number of aliphatic hydroxyl groups excluding tert-OH is 2. The number of ether oxygens (including phenoxy) is 2. The van der Waals surface area contributed by atoms with Gasteiger partial charge in [0.1, 0.15) is 36.9 Å². The molecule has 0 fully saturated rings. The van der Waals surface area contributed by atoms with Crippen molar-refractivity contribution < 1.29 is 49.1 Å². The summed E-state index contributed by atoms with van der Waals surface area (Å²) in [7, 11) is 0. The zero-order valence-electron chi connectivity index (χ0n) is 39.2. The minimum Gasteiger partial charge on any atom is -0.489 e. The van der Waals surface area contributed by atoms with Gasteiger partial charge < -0.3 is 45.0 Å². The number of carbonyl (C=O) groups excluding carboxylic acids is 2. The smallest absolute Gasteiger partial charge is 0.306 e. The van der Waals surface area contributed by atoms with Gasteiger partial charge in [0.15, 0.2) is 0 Å². The van der Waals surface area contributed by atoms with Gasteiger partial charge in [-0.2, -0.15) is 10.5 Å². The number of anilines is 2. The highest BCUT2D eigenvalue weighted by atomic mass is 16.5. The molecule has 72 heavy (non-hydrogen) atoms. The number of carbonyl (C=O) groups is 4. The van der Waals surface area contributed by atoms with Gasteiger partial charge in [-0.15, -0.1) is 0 Å². The number of benzene rings is 4. The van der Waals surface area contributed by atoms with Crippen molar-refractivity contribution in [1.82, 2.24) is 15.3 Å². The number of carboxylic acid groups (broad SMARTS) is 2. The maximum Gasteiger partial charge on any atom is 0.306 e. The van der Waals surface area contributed by atoms with Gasteiger partial charge in [-0.05, 0) is 121 Å². The highest BCUT2D eigenvalue weighted by molar-refractivity contribution is 6.09. The Hall–Kier alpha value is -8.48. The molecule has 5 N–H and O–H groups in total. The molecule has 0 unspecified atom stereocenters. The van der Waals surface area contributed by atoms with E-state index in [4.69, 9.17) is 19.7 Å². The molecule has 0 saturated carbocycles. The van der Waals surface area contributed by atoms with Gasteiger partial charge in [-0.3, -0.25) is 29.1 Å². The number of aliphatic hydroxyl groups is 2. The van der Waals surface area contributed by atoms with Gasteiger partial charge in [0.05, 0.1) is 36.2 Å². The Kier molecular flexibility index (Phi) is 15.9. The molecule has 4 heterocycles. The van der Waals surface area contributed by atoms with Crippen LogP contribution in [-0.4, -0.2) is 86.0 Å². The van der Waals surface area contributed by atoms with Crippen LogP contribution in [0.5, 0.6) is 11.5 Å². The minimum absolute atomic E-state index is 0.00899. The first kappa shape index (κ1) is 49.9. The second-order valence-corrected chi connectivity index (χ2v) is 17.7. The van der Waals surface area contributed by atoms with E-state index in [1.807, 2.05) is 36.4 Å². The van der Waals surface area contributed by atoms with Crippen LogP contribution in [0.25, 0.3) is 11.1 Å². The Labute approximate surface area is 415 Å². The monoisotopic (exact) mass is 969 g/mol. The largest absolute Gasteiger partial charge is 0.489 e. The summed E-state index contributed by atoms with van der Waals surface area (Å²) in [5.41, 5.74) is 9.73. The lowest BCUT2D eigenvalue weighted by Crippen LogP contribution is -2.30. The number of carboxylic acids is 2. The fourth-order valence-electron chi connectivity index (χ4n) is 9.20. The highest BCUT2D eigenvalue weighted by Gasteiger charge is 2.32. The Morgan fingerprint density at radius 3 is 1.67 bits per heavy atom. The van der Waals surface area contributed by atoms with Gasteiger partial charge in [-0.1, -0.05) is 24.3 Å². The molecule has 17 nitrogen and oxygen atoms in total. The predicted molar refractivity (Wildman–Crippen MR) is 263 cm³/mol. The number of hydrogen-bond acceptors (Lipinski definition) is 13. The van der Waals surface area contributed by atoms with Crippen molar-refractivity contribution in [2.45, 2.75) is 76.9 Å². The molecule has 366 valence electrons. The molecule has 2 atom stereocenters. The van der Waals surface area contributed by atoms with Gasteiger partial charge in [0.2, 0.25) is 0 Å². The number of aromatic nitrogens is 2. The number of fused-ring (bicyclic) bond motifs is 2. The summed E-state index contributed by atoms with van der Waals surface area (Å²) < 4.78 is 12.3. The van der Waals surface area contributed by atoms with E-state index in [2.05, 4.69) is 27.4 Å². The Balaban J connectivity index is 1.01. The van der Waals surface area contributed by atoms with Crippen molar-refractivity contribution in [3.05, 3.63) is 165 Å². The quantitative estimate of drug-likeness (QED) is 0.0513. The third kappa shape index (κ3) is 11.9. The fourth-order valence-corrected chi connectivity index (χ4v) is 9.20. The van der Waals surface area contributed by atoms with Crippen LogP contribution in [0.1, 0.15) is 90.9 Å². The summed E-state index contributed by atoms with van der Waals surface area (Å²) in [6.07, 6.45) is 5.42. The molecule has 8 rings (SSSR count). The van der Waals surface area contributed by atoms with Crippen LogP contribution in [0, 0.1) is 22.7 Å². The molecule has 6 aromatic rings. The van der Waals surface area contributed by atoms with E-state index in [0.717, 1.165) is 33.6 Å². The molecule has 4 aromatic carbocycles. The lowest BCUT2D eigenvalue weighted by Gasteiger charge is -2.21. The molecular formula is C55H51N7O10. The summed E-state index contributed by atoms with van der Waals surface area (Å²) >= 11 is 0. The topological polar surface area (TPSA) is 260 Å². The van der Waals surface area contributed by atoms with E-state index in [1.54, 1.807) is 70.7 Å². The Morgan fingerprint density at radius 1 is 0.653 bits per heavy atom. The first-order chi connectivity index (χ1) is 34.9. The van der Waals surface area contributed by atoms with Crippen molar-refractivity contribution in [3.8, 4) is 34.8 Å². The molecular weight excluding hydrogens is 919 g/mol. The summed E-state index contributed by atoms with van der Waals surface area (Å²) in [5.74, 6) is -1.70. The molecule has 0 radical (unpaired) electrons. The lowest BCUT2D eigenvalue weighted by molar-refractivity contribution is -0.140. The SMILES string of the molecule is N#Cc1cncc(COc2ccc(C(=O)N3CCc4c(-c5cccc6c5CCN6C(=O)c5ccc(OCc6cncc(C#N)c6)c(CNC[C@@H](O)CC(=O)O)c5)cccc43)cc2CCC[C@@H](O)CC(=O)O)c1. The minimum atomic E-state index is -1.13. The van der Waals surface area contributed by atoms with Crippen LogP contribution in [0.15, 0.2) is 110 Å². The molecule has 0 aliphatic carbocycles. The van der Waals surface area contributed by atoms with E-state index in [1.165, 1.54) is 12.4 Å². The van der Waals surface area contributed by atoms with Crippen molar-refractivity contribution >= 4 is 35.1 Å². The highest BCUT2D eigenvalue weighted by Crippen LogP contribution is 2.43. The van der Waals surface area contributed by atoms with Crippen molar-refractivity contribution in [1.29, 1.82) is 10.5 Å². The van der Waals surface area contributed by atoms with Gasteiger partial charge in [0, 0.05) is 90.2 Å². The summed E-state index contributed by atoms with van der Waals surface area (Å²) in [4.78, 5) is 62.9. The van der Waals surface area contributed by atoms with Crippen LogP contribution in [0.3, 0.4) is 0 Å². The Morgan fingerprint density at radius 2 is 1.15 bits per heavy atom. The van der Waals surface area contributed by atoms with E-state index < -0.39 is 30.6 Å². The van der Waals surface area contributed by atoms with Crippen LogP contribution >= 0.6 is 0 Å². The first-order valence-electron chi connectivity index (χ1n) is 23.5. The summed E-state index contributed by atoms with van der Waals surface area (Å²) in [6, 6.07) is 29.6. The number of nitrogens with one attached hydrogen (secondary N) is 1. The van der Waals surface area contributed by atoms with Crippen LogP contribution in [0.4, 0.5) is 11.4 Å². The van der Waals surface area contributed by atoms with Crippen LogP contribution in [0.2, 0.25) is 0 Å².